The van der Waals surface area contributed by atoms with E-state index in [9.17, 15) is 0 Å². The minimum Gasteiger partial charge on any atom is -0.382 e. The first kappa shape index (κ1) is 16.5. The third kappa shape index (κ3) is 5.09. The van der Waals surface area contributed by atoms with Crippen LogP contribution in [0, 0.1) is 5.92 Å². The second-order valence-corrected chi connectivity index (χ2v) is 5.99. The summed E-state index contributed by atoms with van der Waals surface area (Å²) in [4.78, 5) is 10.6. The topological polar surface area (TPSA) is 50.3 Å². The molecule has 0 radical (unpaired) electrons. The summed E-state index contributed by atoms with van der Waals surface area (Å²) in [5.74, 6) is 1.31. The van der Waals surface area contributed by atoms with E-state index in [1.807, 2.05) is 6.92 Å². The van der Waals surface area contributed by atoms with Gasteiger partial charge in [0.1, 0.15) is 17.2 Å². The molecule has 6 heteroatoms. The Morgan fingerprint density at radius 1 is 1.52 bits per heavy atom. The summed E-state index contributed by atoms with van der Waals surface area (Å²) in [6.45, 7) is 9.31. The van der Waals surface area contributed by atoms with E-state index in [1.165, 1.54) is 6.33 Å². The number of nitrogens with zero attached hydrogens (tertiary/aromatic N) is 3. The SMILES string of the molecule is CCOCCCN1CCC(Nc2ncncc2Cl)C(C)C1. The number of hydrogen-bond donors (Lipinski definition) is 1. The molecule has 1 saturated heterocycles. The van der Waals surface area contributed by atoms with Gasteiger partial charge in [-0.05, 0) is 25.7 Å². The average Bonchev–Trinajstić information content (AvgIpc) is 2.48. The van der Waals surface area contributed by atoms with E-state index in [-0.39, 0.29) is 0 Å². The van der Waals surface area contributed by atoms with E-state index in [4.69, 9.17) is 16.3 Å². The summed E-state index contributed by atoms with van der Waals surface area (Å²) < 4.78 is 5.40. The maximum Gasteiger partial charge on any atom is 0.148 e. The summed E-state index contributed by atoms with van der Waals surface area (Å²) in [5.41, 5.74) is 0. The van der Waals surface area contributed by atoms with Gasteiger partial charge in [0.2, 0.25) is 0 Å². The molecule has 0 amide bonds. The fourth-order valence-corrected chi connectivity index (χ4v) is 2.94. The Hall–Kier alpha value is -0.910. The van der Waals surface area contributed by atoms with Crippen LogP contribution in [0.15, 0.2) is 12.5 Å². The molecule has 0 saturated carbocycles. The molecule has 0 aromatic carbocycles. The quantitative estimate of drug-likeness (QED) is 0.784. The first-order chi connectivity index (χ1) is 10.2. The van der Waals surface area contributed by atoms with Crippen LogP contribution in [0.1, 0.15) is 26.7 Å². The number of rotatable bonds is 7. The maximum absolute atomic E-state index is 6.11. The molecule has 2 heterocycles. The lowest BCUT2D eigenvalue weighted by molar-refractivity contribution is 0.117. The van der Waals surface area contributed by atoms with Crippen molar-refractivity contribution in [2.45, 2.75) is 32.7 Å². The molecular weight excluding hydrogens is 288 g/mol. The van der Waals surface area contributed by atoms with Crippen molar-refractivity contribution >= 4 is 17.4 Å². The molecule has 0 bridgehead atoms. The largest absolute Gasteiger partial charge is 0.382 e. The van der Waals surface area contributed by atoms with E-state index in [1.54, 1.807) is 6.20 Å². The van der Waals surface area contributed by atoms with Crippen LogP contribution in [0.4, 0.5) is 5.82 Å². The first-order valence-electron chi connectivity index (χ1n) is 7.72. The number of halogens is 1. The van der Waals surface area contributed by atoms with Gasteiger partial charge < -0.3 is 15.0 Å². The van der Waals surface area contributed by atoms with Gasteiger partial charge in [0, 0.05) is 38.9 Å². The van der Waals surface area contributed by atoms with Crippen molar-refractivity contribution in [1.29, 1.82) is 0 Å². The highest BCUT2D eigenvalue weighted by molar-refractivity contribution is 6.32. The highest BCUT2D eigenvalue weighted by atomic mass is 35.5. The molecule has 21 heavy (non-hydrogen) atoms. The fourth-order valence-electron chi connectivity index (χ4n) is 2.78. The molecule has 5 nitrogen and oxygen atoms in total. The van der Waals surface area contributed by atoms with Crippen LogP contribution < -0.4 is 5.32 Å². The van der Waals surface area contributed by atoms with Crippen molar-refractivity contribution in [3.05, 3.63) is 17.5 Å². The van der Waals surface area contributed by atoms with E-state index >= 15 is 0 Å². The second-order valence-electron chi connectivity index (χ2n) is 5.59. The third-order valence-corrected chi connectivity index (χ3v) is 4.22. The number of ether oxygens (including phenoxy) is 1. The van der Waals surface area contributed by atoms with Crippen LogP contribution in [-0.4, -0.2) is 53.8 Å². The summed E-state index contributed by atoms with van der Waals surface area (Å²) >= 11 is 6.11. The Kier molecular flexibility index (Phi) is 6.67. The van der Waals surface area contributed by atoms with Crippen molar-refractivity contribution in [3.8, 4) is 0 Å². The zero-order valence-electron chi connectivity index (χ0n) is 12.9. The summed E-state index contributed by atoms with van der Waals surface area (Å²) in [7, 11) is 0. The van der Waals surface area contributed by atoms with Crippen LogP contribution in [-0.2, 0) is 4.74 Å². The van der Waals surface area contributed by atoms with Gasteiger partial charge >= 0.3 is 0 Å². The molecule has 2 rings (SSSR count). The van der Waals surface area contributed by atoms with Gasteiger partial charge in [-0.15, -0.1) is 0 Å². The zero-order chi connectivity index (χ0) is 15.1. The number of likely N-dealkylation sites (tertiary alicyclic amines) is 1. The molecule has 2 unspecified atom stereocenters. The Morgan fingerprint density at radius 2 is 2.38 bits per heavy atom. The van der Waals surface area contributed by atoms with Crippen LogP contribution in [0.2, 0.25) is 5.02 Å². The van der Waals surface area contributed by atoms with Gasteiger partial charge in [0.05, 0.1) is 6.20 Å². The lowest BCUT2D eigenvalue weighted by Crippen LogP contribution is -2.45. The molecule has 1 N–H and O–H groups in total. The van der Waals surface area contributed by atoms with Crippen LogP contribution in [0.3, 0.4) is 0 Å². The zero-order valence-corrected chi connectivity index (χ0v) is 13.6. The van der Waals surface area contributed by atoms with Gasteiger partial charge in [-0.25, -0.2) is 9.97 Å². The monoisotopic (exact) mass is 312 g/mol. The number of nitrogens with one attached hydrogen (secondary N) is 1. The van der Waals surface area contributed by atoms with Gasteiger partial charge in [-0.2, -0.15) is 0 Å². The predicted octanol–water partition coefficient (Wildman–Crippen LogP) is 2.68. The van der Waals surface area contributed by atoms with E-state index in [0.717, 1.165) is 51.5 Å². The molecule has 0 spiro atoms. The molecular formula is C15H25ClN4O. The number of piperidine rings is 1. The second kappa shape index (κ2) is 8.51. The highest BCUT2D eigenvalue weighted by Gasteiger charge is 2.26. The number of hydrogen-bond acceptors (Lipinski definition) is 5. The first-order valence-corrected chi connectivity index (χ1v) is 8.10. The normalized spacial score (nSPS) is 23.2. The molecule has 0 aliphatic carbocycles. The lowest BCUT2D eigenvalue weighted by Gasteiger charge is -2.37. The Morgan fingerprint density at radius 3 is 3.10 bits per heavy atom. The van der Waals surface area contributed by atoms with Crippen LogP contribution in [0.5, 0.6) is 0 Å². The molecule has 1 aromatic rings. The molecule has 1 fully saturated rings. The van der Waals surface area contributed by atoms with Crippen LogP contribution in [0.25, 0.3) is 0 Å². The molecule has 118 valence electrons. The molecule has 1 aliphatic heterocycles. The maximum atomic E-state index is 6.11. The van der Waals surface area contributed by atoms with Gasteiger partial charge in [-0.3, -0.25) is 0 Å². The van der Waals surface area contributed by atoms with Crippen molar-refractivity contribution in [2.24, 2.45) is 5.92 Å². The van der Waals surface area contributed by atoms with E-state index in [2.05, 4.69) is 27.1 Å². The van der Waals surface area contributed by atoms with Crippen molar-refractivity contribution in [1.82, 2.24) is 14.9 Å². The average molecular weight is 313 g/mol. The van der Waals surface area contributed by atoms with E-state index < -0.39 is 0 Å². The summed E-state index contributed by atoms with van der Waals surface area (Å²) in [6, 6.07) is 0.417. The molecule has 2 atom stereocenters. The minimum atomic E-state index is 0.417. The Balaban J connectivity index is 1.77. The van der Waals surface area contributed by atoms with Gasteiger partial charge in [0.15, 0.2) is 0 Å². The minimum absolute atomic E-state index is 0.417. The predicted molar refractivity (Wildman–Crippen MR) is 85.8 cm³/mol. The summed E-state index contributed by atoms with van der Waals surface area (Å²) in [5, 5.41) is 4.05. The van der Waals surface area contributed by atoms with E-state index in [0.29, 0.717) is 17.0 Å². The number of aromatic nitrogens is 2. The highest BCUT2D eigenvalue weighted by Crippen LogP contribution is 2.24. The Bertz CT molecular complexity index is 432. The lowest BCUT2D eigenvalue weighted by atomic mass is 9.93. The summed E-state index contributed by atoms with van der Waals surface area (Å²) in [6.07, 6.45) is 5.37. The molecule has 1 aromatic heterocycles. The number of anilines is 1. The fraction of sp³-hybridized carbons (Fsp3) is 0.733. The Labute approximate surface area is 132 Å². The van der Waals surface area contributed by atoms with Crippen molar-refractivity contribution in [2.75, 3.05) is 38.2 Å². The van der Waals surface area contributed by atoms with Gasteiger partial charge in [0.25, 0.3) is 0 Å². The van der Waals surface area contributed by atoms with Crippen molar-refractivity contribution < 1.29 is 4.74 Å². The van der Waals surface area contributed by atoms with Gasteiger partial charge in [-0.1, -0.05) is 18.5 Å². The smallest absolute Gasteiger partial charge is 0.148 e. The standard InChI is InChI=1S/C15H25ClN4O/c1-3-21-8-4-6-20-7-5-14(12(2)10-20)19-15-13(16)9-17-11-18-15/h9,11-12,14H,3-8,10H2,1-2H3,(H,17,18,19). The van der Waals surface area contributed by atoms with Crippen molar-refractivity contribution in [3.63, 3.8) is 0 Å². The molecule has 1 aliphatic rings. The van der Waals surface area contributed by atoms with Crippen LogP contribution >= 0.6 is 11.6 Å². The third-order valence-electron chi connectivity index (χ3n) is 3.95.